The van der Waals surface area contributed by atoms with E-state index in [1.54, 1.807) is 6.49 Å². The van der Waals surface area contributed by atoms with Crippen molar-refractivity contribution in [2.45, 2.75) is 31.3 Å². The number of benzene rings is 4. The van der Waals surface area contributed by atoms with Crippen LogP contribution in [-0.4, -0.2) is 3.21 Å². The summed E-state index contributed by atoms with van der Waals surface area (Å²) >= 11 is -2.67. The van der Waals surface area contributed by atoms with Crippen molar-refractivity contribution >= 4 is 3.21 Å². The van der Waals surface area contributed by atoms with E-state index in [0.29, 0.717) is 9.54 Å². The zero-order chi connectivity index (χ0) is 25.6. The van der Waals surface area contributed by atoms with Gasteiger partial charge in [-0.1, -0.05) is 0 Å². The van der Waals surface area contributed by atoms with Gasteiger partial charge in [-0.3, -0.25) is 0 Å². The summed E-state index contributed by atoms with van der Waals surface area (Å²) in [5, 5.41) is 0. The Morgan fingerprint density at radius 3 is 1.54 bits per heavy atom. The normalized spacial score (nSPS) is 16.6. The summed E-state index contributed by atoms with van der Waals surface area (Å²) in [4.78, 5) is 0. The number of hydrogen-bond acceptors (Lipinski definition) is 0. The van der Waals surface area contributed by atoms with Crippen LogP contribution in [0.3, 0.4) is 0 Å². The van der Waals surface area contributed by atoms with E-state index in [-0.39, 0.29) is 5.41 Å². The van der Waals surface area contributed by atoms with Gasteiger partial charge in [0.2, 0.25) is 0 Å². The average molecular weight is 558 g/mol. The number of hydrogen-bond donors (Lipinski definition) is 0. The molecular weight excluding hydrogens is 524 g/mol. The first-order valence-corrected chi connectivity index (χ1v) is 17.3. The molecule has 2 aliphatic rings. The van der Waals surface area contributed by atoms with Crippen molar-refractivity contribution in [1.29, 1.82) is 0 Å². The minimum absolute atomic E-state index is 0.148. The molecule has 6 rings (SSSR count). The first-order valence-electron chi connectivity index (χ1n) is 13.4. The first kappa shape index (κ1) is 24.4. The van der Waals surface area contributed by atoms with Crippen LogP contribution in [0.1, 0.15) is 53.6 Å². The van der Waals surface area contributed by atoms with E-state index in [9.17, 15) is 0 Å². The van der Waals surface area contributed by atoms with Gasteiger partial charge < -0.3 is 0 Å². The van der Waals surface area contributed by atoms with Crippen molar-refractivity contribution in [3.8, 4) is 11.1 Å². The fourth-order valence-corrected chi connectivity index (χ4v) is 15.6. The molecule has 0 saturated carbocycles. The third kappa shape index (κ3) is 4.42. The van der Waals surface area contributed by atoms with Gasteiger partial charge in [-0.05, 0) is 0 Å². The average Bonchev–Trinajstić information content (AvgIpc) is 3.47. The molecule has 0 fully saturated rings. The van der Waals surface area contributed by atoms with Crippen LogP contribution in [0.4, 0.5) is 0 Å². The molecule has 2 aliphatic carbocycles. The van der Waals surface area contributed by atoms with Crippen molar-refractivity contribution in [3.63, 3.8) is 0 Å². The number of allylic oxidation sites excluding steroid dienone is 4. The molecule has 37 heavy (non-hydrogen) atoms. The SMILES string of the molecule is CC1C=C(C(C)(C)C)C=[C]1[Zr](=[C](c1ccccc1)c1ccccc1)[CH]1c2ccccc2-c2ccccc21. The summed E-state index contributed by atoms with van der Waals surface area (Å²) in [7, 11) is 0. The molecule has 1 atom stereocenters. The molecule has 0 nitrogen and oxygen atoms in total. The summed E-state index contributed by atoms with van der Waals surface area (Å²) in [6.07, 6.45) is 5.17. The Morgan fingerprint density at radius 2 is 1.08 bits per heavy atom. The number of fused-ring (bicyclic) bond motifs is 3. The van der Waals surface area contributed by atoms with Crippen molar-refractivity contribution in [2.24, 2.45) is 11.3 Å². The summed E-state index contributed by atoms with van der Waals surface area (Å²) in [5.41, 5.74) is 10.3. The summed E-state index contributed by atoms with van der Waals surface area (Å²) in [6, 6.07) is 40.9. The van der Waals surface area contributed by atoms with Crippen molar-refractivity contribution in [2.75, 3.05) is 0 Å². The van der Waals surface area contributed by atoms with Gasteiger partial charge in [0.25, 0.3) is 0 Å². The molecule has 0 radical (unpaired) electrons. The predicted octanol–water partition coefficient (Wildman–Crippen LogP) is 9.15. The molecule has 0 aliphatic heterocycles. The van der Waals surface area contributed by atoms with Crippen LogP contribution in [0, 0.1) is 11.3 Å². The van der Waals surface area contributed by atoms with Crippen LogP contribution in [0.15, 0.2) is 130 Å². The topological polar surface area (TPSA) is 0 Å². The third-order valence-electron chi connectivity index (χ3n) is 7.92. The molecule has 1 unspecified atom stereocenters. The van der Waals surface area contributed by atoms with Crippen LogP contribution < -0.4 is 0 Å². The molecule has 1 heteroatoms. The summed E-state index contributed by atoms with van der Waals surface area (Å²) < 4.78 is 3.78. The van der Waals surface area contributed by atoms with Gasteiger partial charge in [-0.2, -0.15) is 0 Å². The van der Waals surface area contributed by atoms with Gasteiger partial charge in [-0.15, -0.1) is 0 Å². The standard InChI is InChI=1S/C13H9.C13H10.C10H15.Zr/c1-3-7-12-10(5-1)9-11-6-2-4-8-13(11)12;1-3-7-12(8-4-1)11-13-9-5-2-6-10-13;1-8-5-6-9(7-8)10(2,3)4;/h1-9H;1-10H;6-8H,1-4H3;. The zero-order valence-electron chi connectivity index (χ0n) is 22.2. The fraction of sp³-hybridized carbons (Fsp3) is 0.194. The monoisotopic (exact) mass is 556 g/mol. The molecule has 0 saturated heterocycles. The molecule has 4 aromatic carbocycles. The first-order chi connectivity index (χ1) is 17.9. The van der Waals surface area contributed by atoms with E-state index in [4.69, 9.17) is 0 Å². The van der Waals surface area contributed by atoms with Gasteiger partial charge in [0.1, 0.15) is 0 Å². The Hall–Kier alpha value is -2.89. The van der Waals surface area contributed by atoms with Gasteiger partial charge in [-0.25, -0.2) is 0 Å². The Morgan fingerprint density at radius 1 is 0.622 bits per heavy atom. The van der Waals surface area contributed by atoms with Gasteiger partial charge in [0.15, 0.2) is 0 Å². The second-order valence-electron chi connectivity index (χ2n) is 11.4. The van der Waals surface area contributed by atoms with E-state index in [0.717, 1.165) is 0 Å². The number of rotatable bonds is 4. The molecule has 0 aromatic heterocycles. The Balaban J connectivity index is 1.73. The van der Waals surface area contributed by atoms with E-state index in [2.05, 4.69) is 149 Å². The fourth-order valence-electron chi connectivity index (χ4n) is 6.10. The van der Waals surface area contributed by atoms with Crippen LogP contribution in [-0.2, 0) is 21.3 Å². The van der Waals surface area contributed by atoms with Crippen LogP contribution >= 0.6 is 0 Å². The second kappa shape index (κ2) is 9.77. The van der Waals surface area contributed by atoms with E-state index in [1.165, 1.54) is 39.0 Å². The molecule has 0 N–H and O–H groups in total. The maximum absolute atomic E-state index is 2.67. The van der Waals surface area contributed by atoms with Crippen LogP contribution in [0.5, 0.6) is 0 Å². The van der Waals surface area contributed by atoms with Gasteiger partial charge >= 0.3 is 231 Å². The van der Waals surface area contributed by atoms with Crippen LogP contribution in [0.25, 0.3) is 11.1 Å². The molecule has 182 valence electrons. The molecule has 0 heterocycles. The Kier molecular flexibility index (Phi) is 6.46. The van der Waals surface area contributed by atoms with Gasteiger partial charge in [0, 0.05) is 0 Å². The second-order valence-corrected chi connectivity index (χ2v) is 17.5. The van der Waals surface area contributed by atoms with Crippen molar-refractivity contribution in [3.05, 3.63) is 152 Å². The van der Waals surface area contributed by atoms with Crippen LogP contribution in [0.2, 0.25) is 0 Å². The minimum atomic E-state index is -2.67. The predicted molar refractivity (Wildman–Crippen MR) is 155 cm³/mol. The summed E-state index contributed by atoms with van der Waals surface area (Å²) in [6.45, 7) is 9.50. The summed E-state index contributed by atoms with van der Waals surface area (Å²) in [5.74, 6) is 0.464. The molecule has 4 aromatic rings. The maximum atomic E-state index is 2.62. The Labute approximate surface area is 229 Å². The van der Waals surface area contributed by atoms with E-state index in [1.807, 2.05) is 0 Å². The Bertz CT molecular complexity index is 1460. The zero-order valence-corrected chi connectivity index (χ0v) is 24.7. The van der Waals surface area contributed by atoms with Crippen molar-refractivity contribution < 1.29 is 21.3 Å². The molecule has 0 amide bonds. The molecule has 0 spiro atoms. The van der Waals surface area contributed by atoms with E-state index < -0.39 is 21.3 Å². The van der Waals surface area contributed by atoms with Gasteiger partial charge in [0.05, 0.1) is 0 Å². The van der Waals surface area contributed by atoms with E-state index >= 15 is 0 Å². The van der Waals surface area contributed by atoms with Crippen molar-refractivity contribution in [1.82, 2.24) is 0 Å². The molecular formula is C36H34Zr. The quantitative estimate of drug-likeness (QED) is 0.235. The molecule has 0 bridgehead atoms. The third-order valence-corrected chi connectivity index (χ3v) is 16.6.